The van der Waals surface area contributed by atoms with Crippen LogP contribution in [0.1, 0.15) is 11.6 Å². The van der Waals surface area contributed by atoms with Crippen molar-refractivity contribution in [3.8, 4) is 6.07 Å². The van der Waals surface area contributed by atoms with Crippen molar-refractivity contribution in [2.24, 2.45) is 7.05 Å². The summed E-state index contributed by atoms with van der Waals surface area (Å²) in [6.07, 6.45) is 3.27. The number of imidazole rings is 1. The topological polar surface area (TPSA) is 85.2 Å². The molecule has 7 nitrogen and oxygen atoms in total. The molecule has 0 N–H and O–H groups in total. The summed E-state index contributed by atoms with van der Waals surface area (Å²) >= 11 is 0. The van der Waals surface area contributed by atoms with Crippen molar-refractivity contribution >= 4 is 0 Å². The summed E-state index contributed by atoms with van der Waals surface area (Å²) in [5.74, 6) is 0.902. The van der Waals surface area contributed by atoms with Gasteiger partial charge in [0.1, 0.15) is 6.07 Å². The normalized spacial score (nSPS) is 10.0. The maximum atomic E-state index is 8.70. The zero-order chi connectivity index (χ0) is 9.97. The molecule has 0 unspecified atom stereocenters. The second kappa shape index (κ2) is 3.26. The van der Waals surface area contributed by atoms with Crippen molar-refractivity contribution < 1.29 is 0 Å². The van der Waals surface area contributed by atoms with Crippen LogP contribution in [0.15, 0.2) is 12.4 Å². The van der Waals surface area contributed by atoms with E-state index < -0.39 is 0 Å². The lowest BCUT2D eigenvalue weighted by atomic mass is 10.5. The third-order valence-corrected chi connectivity index (χ3v) is 1.68. The third kappa shape index (κ3) is 1.45. The van der Waals surface area contributed by atoms with Crippen molar-refractivity contribution in [1.82, 2.24) is 29.8 Å². The van der Waals surface area contributed by atoms with Crippen LogP contribution in [-0.4, -0.2) is 29.8 Å². The molecule has 0 fully saturated rings. The molecule has 0 amide bonds. The molecule has 0 aliphatic carbocycles. The number of nitrogens with zero attached hydrogens (tertiary/aromatic N) is 7. The molecule has 70 valence electrons. The highest BCUT2D eigenvalue weighted by Crippen LogP contribution is 1.98. The average Bonchev–Trinajstić information content (AvgIpc) is 2.76. The first-order valence-corrected chi connectivity index (χ1v) is 3.93. The van der Waals surface area contributed by atoms with Crippen LogP contribution in [-0.2, 0) is 13.6 Å². The molecule has 14 heavy (non-hydrogen) atoms. The molecule has 2 rings (SSSR count). The van der Waals surface area contributed by atoms with Crippen molar-refractivity contribution in [2.45, 2.75) is 6.54 Å². The fourth-order valence-electron chi connectivity index (χ4n) is 1.09. The minimum absolute atomic E-state index is 0.345. The second-order valence-electron chi connectivity index (χ2n) is 2.69. The van der Waals surface area contributed by atoms with Gasteiger partial charge < -0.3 is 4.57 Å². The Morgan fingerprint density at radius 2 is 2.43 bits per heavy atom. The van der Waals surface area contributed by atoms with Gasteiger partial charge in [-0.05, 0) is 5.21 Å². The predicted octanol–water partition coefficient (Wildman–Crippen LogP) is -0.673. The Balaban J connectivity index is 2.23. The lowest BCUT2D eigenvalue weighted by molar-refractivity contribution is 0.624. The van der Waals surface area contributed by atoms with E-state index in [1.54, 1.807) is 24.0 Å². The lowest BCUT2D eigenvalue weighted by Crippen LogP contribution is -2.03. The fraction of sp³-hybridized carbons (Fsp3) is 0.286. The summed E-state index contributed by atoms with van der Waals surface area (Å²) in [5, 5.41) is 20.2. The van der Waals surface area contributed by atoms with Gasteiger partial charge in [-0.15, -0.1) is 10.2 Å². The van der Waals surface area contributed by atoms with E-state index in [-0.39, 0.29) is 0 Å². The number of hydrogen-bond donors (Lipinski definition) is 0. The molecule has 0 saturated carbocycles. The van der Waals surface area contributed by atoms with E-state index in [1.807, 2.05) is 6.07 Å². The molecule has 2 heterocycles. The lowest BCUT2D eigenvalue weighted by Gasteiger charge is -1.96. The Labute approximate surface area is 79.6 Å². The molecule has 7 heteroatoms. The maximum absolute atomic E-state index is 8.70. The smallest absolute Gasteiger partial charge is 0.213 e. The van der Waals surface area contributed by atoms with Gasteiger partial charge in [0.2, 0.25) is 5.82 Å². The minimum Gasteiger partial charge on any atom is -0.315 e. The summed E-state index contributed by atoms with van der Waals surface area (Å²) < 4.78 is 1.66. The van der Waals surface area contributed by atoms with Gasteiger partial charge in [0.15, 0.2) is 5.82 Å². The quantitative estimate of drug-likeness (QED) is 0.625. The fourth-order valence-corrected chi connectivity index (χ4v) is 1.09. The summed E-state index contributed by atoms with van der Waals surface area (Å²) in [6, 6.07) is 1.97. The van der Waals surface area contributed by atoms with Gasteiger partial charge in [-0.25, -0.2) is 4.98 Å². The molecule has 0 atom stereocenters. The van der Waals surface area contributed by atoms with E-state index in [1.165, 1.54) is 4.80 Å². The molecule has 0 aromatic carbocycles. The number of aryl methyl sites for hydroxylation is 1. The standard InChI is InChI=1S/C7H7N7/c1-13-11-6(10-12-13)5-14-3-2-9-7(14)4-8/h2-3H,5H2,1H3. The van der Waals surface area contributed by atoms with Gasteiger partial charge in [-0.1, -0.05) is 0 Å². The summed E-state index contributed by atoms with van der Waals surface area (Å²) in [5.41, 5.74) is 0. The molecule has 0 saturated heterocycles. The van der Waals surface area contributed by atoms with Crippen LogP contribution >= 0.6 is 0 Å². The third-order valence-electron chi connectivity index (χ3n) is 1.68. The molecule has 2 aromatic rings. The van der Waals surface area contributed by atoms with Crippen LogP contribution in [0.3, 0.4) is 0 Å². The molecular formula is C7H7N7. The molecule has 0 radical (unpaired) electrons. The van der Waals surface area contributed by atoms with E-state index >= 15 is 0 Å². The van der Waals surface area contributed by atoms with Gasteiger partial charge in [0.25, 0.3) is 0 Å². The Morgan fingerprint density at radius 3 is 3.07 bits per heavy atom. The van der Waals surface area contributed by atoms with Crippen LogP contribution in [0.4, 0.5) is 0 Å². The summed E-state index contributed by atoms with van der Waals surface area (Å²) in [7, 11) is 1.69. The molecular weight excluding hydrogens is 182 g/mol. The largest absolute Gasteiger partial charge is 0.315 e. The number of nitriles is 1. The van der Waals surface area contributed by atoms with Crippen LogP contribution in [0.5, 0.6) is 0 Å². The first-order valence-electron chi connectivity index (χ1n) is 3.93. The van der Waals surface area contributed by atoms with Crippen LogP contribution in [0, 0.1) is 11.3 Å². The predicted molar refractivity (Wildman–Crippen MR) is 44.8 cm³/mol. The van der Waals surface area contributed by atoms with Crippen molar-refractivity contribution in [2.75, 3.05) is 0 Å². The average molecular weight is 189 g/mol. The monoisotopic (exact) mass is 189 g/mol. The molecule has 2 aromatic heterocycles. The zero-order valence-electron chi connectivity index (χ0n) is 7.49. The van der Waals surface area contributed by atoms with Crippen molar-refractivity contribution in [3.05, 3.63) is 24.0 Å². The molecule has 0 spiro atoms. The van der Waals surface area contributed by atoms with Crippen LogP contribution in [0.2, 0.25) is 0 Å². The van der Waals surface area contributed by atoms with Gasteiger partial charge >= 0.3 is 0 Å². The first-order chi connectivity index (χ1) is 6.79. The second-order valence-corrected chi connectivity index (χ2v) is 2.69. The number of hydrogen-bond acceptors (Lipinski definition) is 5. The Bertz CT molecular complexity index is 474. The van der Waals surface area contributed by atoms with Gasteiger partial charge in [0.05, 0.1) is 13.6 Å². The van der Waals surface area contributed by atoms with E-state index in [0.717, 1.165) is 0 Å². The summed E-state index contributed by atoms with van der Waals surface area (Å²) in [4.78, 5) is 5.23. The molecule has 0 aliphatic heterocycles. The van der Waals surface area contributed by atoms with E-state index in [2.05, 4.69) is 20.4 Å². The number of tetrazole rings is 1. The zero-order valence-corrected chi connectivity index (χ0v) is 7.49. The van der Waals surface area contributed by atoms with Crippen molar-refractivity contribution in [3.63, 3.8) is 0 Å². The van der Waals surface area contributed by atoms with E-state index in [9.17, 15) is 0 Å². The number of aromatic nitrogens is 6. The molecule has 0 bridgehead atoms. The Morgan fingerprint density at radius 1 is 1.57 bits per heavy atom. The Hall–Kier alpha value is -2.23. The van der Waals surface area contributed by atoms with Gasteiger partial charge in [0, 0.05) is 12.4 Å². The van der Waals surface area contributed by atoms with Crippen LogP contribution in [0.25, 0.3) is 0 Å². The van der Waals surface area contributed by atoms with Gasteiger partial charge in [-0.3, -0.25) is 0 Å². The van der Waals surface area contributed by atoms with E-state index in [0.29, 0.717) is 18.2 Å². The SMILES string of the molecule is Cn1nnc(Cn2ccnc2C#N)n1. The maximum Gasteiger partial charge on any atom is 0.213 e. The van der Waals surface area contributed by atoms with Gasteiger partial charge in [-0.2, -0.15) is 10.1 Å². The highest BCUT2D eigenvalue weighted by Gasteiger charge is 2.05. The highest BCUT2D eigenvalue weighted by molar-refractivity contribution is 5.12. The van der Waals surface area contributed by atoms with E-state index in [4.69, 9.17) is 5.26 Å². The number of rotatable bonds is 2. The first kappa shape index (κ1) is 8.37. The Kier molecular flexibility index (Phi) is 1.95. The molecule has 0 aliphatic rings. The highest BCUT2D eigenvalue weighted by atomic mass is 15.6. The minimum atomic E-state index is 0.345. The summed E-state index contributed by atoms with van der Waals surface area (Å²) in [6.45, 7) is 0.413. The van der Waals surface area contributed by atoms with Crippen molar-refractivity contribution in [1.29, 1.82) is 5.26 Å². The van der Waals surface area contributed by atoms with Crippen LogP contribution < -0.4 is 0 Å².